The van der Waals surface area contributed by atoms with Crippen LogP contribution in [0.15, 0.2) is 54.6 Å². The van der Waals surface area contributed by atoms with E-state index >= 15 is 0 Å². The molecule has 94 valence electrons. The fourth-order valence-corrected chi connectivity index (χ4v) is 1.43. The van der Waals surface area contributed by atoms with Crippen LogP contribution in [0.4, 0.5) is 0 Å². The quantitative estimate of drug-likeness (QED) is 0.794. The Morgan fingerprint density at radius 1 is 0.833 bits per heavy atom. The zero-order chi connectivity index (χ0) is 12.8. The second-order valence-electron chi connectivity index (χ2n) is 3.65. The number of ether oxygens (including phenoxy) is 2. The molecule has 0 aliphatic carbocycles. The lowest BCUT2D eigenvalue weighted by Gasteiger charge is -2.12. The van der Waals surface area contributed by atoms with Crippen LogP contribution in [0, 0.1) is 0 Å². The molecule has 0 bridgehead atoms. The number of aliphatic hydroxyl groups excluding tert-OH is 1. The molecule has 2 rings (SSSR count). The average Bonchev–Trinajstić information content (AvgIpc) is 2.39. The fraction of sp³-hybridized carbons (Fsp3) is 0.143. The second-order valence-corrected chi connectivity index (χ2v) is 3.65. The highest BCUT2D eigenvalue weighted by atomic mass is 16.6. The van der Waals surface area contributed by atoms with Gasteiger partial charge in [0.1, 0.15) is 12.4 Å². The Kier molecular flexibility index (Phi) is 4.17. The summed E-state index contributed by atoms with van der Waals surface area (Å²) in [5, 5.41) is 17.6. The maximum Gasteiger partial charge on any atom is 0.186 e. The van der Waals surface area contributed by atoms with Crippen molar-refractivity contribution in [1.29, 1.82) is 0 Å². The lowest BCUT2D eigenvalue weighted by molar-refractivity contribution is -0.0683. The van der Waals surface area contributed by atoms with Gasteiger partial charge in [-0.15, -0.1) is 0 Å². The second kappa shape index (κ2) is 6.05. The van der Waals surface area contributed by atoms with Crippen molar-refractivity contribution in [2.75, 3.05) is 6.61 Å². The van der Waals surface area contributed by atoms with Crippen molar-refractivity contribution in [2.45, 2.75) is 6.29 Å². The highest BCUT2D eigenvalue weighted by molar-refractivity contribution is 5.42. The van der Waals surface area contributed by atoms with Crippen LogP contribution in [-0.2, 0) is 0 Å². The van der Waals surface area contributed by atoms with Crippen LogP contribution in [0.2, 0.25) is 0 Å². The molecule has 0 heterocycles. The minimum absolute atomic E-state index is 0.199. The predicted octanol–water partition coefficient (Wildman–Crippen LogP) is 2.17. The molecule has 0 aliphatic rings. The van der Waals surface area contributed by atoms with Gasteiger partial charge in [0.2, 0.25) is 0 Å². The van der Waals surface area contributed by atoms with E-state index in [0.29, 0.717) is 17.2 Å². The van der Waals surface area contributed by atoms with Crippen molar-refractivity contribution in [3.8, 4) is 17.2 Å². The van der Waals surface area contributed by atoms with Crippen LogP contribution in [0.25, 0.3) is 0 Å². The summed E-state index contributed by atoms with van der Waals surface area (Å²) in [6.07, 6.45) is -1.50. The molecule has 0 radical (unpaired) electrons. The standard InChI is InChI=1S/C14H14O4/c15-14(16)10-17-12-8-4-5-9-13(12)18-11-6-2-1-3-7-11/h1-9,14-16H,10H2. The molecular weight excluding hydrogens is 232 g/mol. The summed E-state index contributed by atoms with van der Waals surface area (Å²) in [6.45, 7) is -0.199. The molecule has 0 fully saturated rings. The zero-order valence-corrected chi connectivity index (χ0v) is 9.69. The molecule has 0 saturated heterocycles. The summed E-state index contributed by atoms with van der Waals surface area (Å²) in [6, 6.07) is 16.4. The number of rotatable bonds is 5. The summed E-state index contributed by atoms with van der Waals surface area (Å²) in [7, 11) is 0. The first kappa shape index (κ1) is 12.4. The number of para-hydroxylation sites is 3. The van der Waals surface area contributed by atoms with Gasteiger partial charge in [-0.2, -0.15) is 0 Å². The Morgan fingerprint density at radius 2 is 1.44 bits per heavy atom. The molecule has 18 heavy (non-hydrogen) atoms. The average molecular weight is 246 g/mol. The largest absolute Gasteiger partial charge is 0.484 e. The van der Waals surface area contributed by atoms with Gasteiger partial charge in [-0.3, -0.25) is 0 Å². The molecule has 4 heteroatoms. The normalized spacial score (nSPS) is 10.4. The lowest BCUT2D eigenvalue weighted by Crippen LogP contribution is -2.16. The summed E-state index contributed by atoms with van der Waals surface area (Å²) in [5.41, 5.74) is 0. The SMILES string of the molecule is OC(O)COc1ccccc1Oc1ccccc1. The maximum atomic E-state index is 8.78. The summed E-state index contributed by atoms with van der Waals surface area (Å²) < 4.78 is 10.9. The van der Waals surface area contributed by atoms with E-state index in [1.807, 2.05) is 36.4 Å². The third kappa shape index (κ3) is 3.48. The maximum absolute atomic E-state index is 8.78. The van der Waals surface area contributed by atoms with Gasteiger partial charge in [0.25, 0.3) is 0 Å². The Hall–Kier alpha value is -2.04. The van der Waals surface area contributed by atoms with Gasteiger partial charge in [0.15, 0.2) is 17.8 Å². The Labute approximate surface area is 105 Å². The molecule has 0 aromatic heterocycles. The van der Waals surface area contributed by atoms with Gasteiger partial charge in [-0.25, -0.2) is 0 Å². The number of aliphatic hydroxyl groups is 2. The smallest absolute Gasteiger partial charge is 0.186 e. The van der Waals surface area contributed by atoms with Gasteiger partial charge >= 0.3 is 0 Å². The van der Waals surface area contributed by atoms with Crippen LogP contribution < -0.4 is 9.47 Å². The van der Waals surface area contributed by atoms with Crippen molar-refractivity contribution < 1.29 is 19.7 Å². The minimum Gasteiger partial charge on any atom is -0.484 e. The Bertz CT molecular complexity index is 482. The van der Waals surface area contributed by atoms with E-state index in [9.17, 15) is 0 Å². The van der Waals surface area contributed by atoms with E-state index in [1.54, 1.807) is 18.2 Å². The molecule has 0 amide bonds. The highest BCUT2D eigenvalue weighted by Crippen LogP contribution is 2.30. The van der Waals surface area contributed by atoms with E-state index < -0.39 is 6.29 Å². The third-order valence-electron chi connectivity index (χ3n) is 2.21. The van der Waals surface area contributed by atoms with Crippen LogP contribution in [0.1, 0.15) is 0 Å². The molecule has 0 spiro atoms. The molecule has 0 aliphatic heterocycles. The van der Waals surface area contributed by atoms with E-state index in [2.05, 4.69) is 0 Å². The van der Waals surface area contributed by atoms with Crippen molar-refractivity contribution in [3.63, 3.8) is 0 Å². The van der Waals surface area contributed by atoms with Crippen LogP contribution >= 0.6 is 0 Å². The van der Waals surface area contributed by atoms with E-state index in [1.165, 1.54) is 0 Å². The number of hydrogen-bond acceptors (Lipinski definition) is 4. The lowest BCUT2D eigenvalue weighted by atomic mass is 10.3. The topological polar surface area (TPSA) is 58.9 Å². The molecule has 2 aromatic carbocycles. The van der Waals surface area contributed by atoms with Crippen molar-refractivity contribution in [1.82, 2.24) is 0 Å². The Balaban J connectivity index is 2.12. The summed E-state index contributed by atoms with van der Waals surface area (Å²) in [5.74, 6) is 1.69. The number of benzene rings is 2. The first-order valence-electron chi connectivity index (χ1n) is 5.56. The summed E-state index contributed by atoms with van der Waals surface area (Å²) >= 11 is 0. The molecular formula is C14H14O4. The van der Waals surface area contributed by atoms with Crippen molar-refractivity contribution in [2.24, 2.45) is 0 Å². The molecule has 0 unspecified atom stereocenters. The summed E-state index contributed by atoms with van der Waals surface area (Å²) in [4.78, 5) is 0. The number of hydrogen-bond donors (Lipinski definition) is 2. The minimum atomic E-state index is -1.50. The molecule has 0 saturated carbocycles. The van der Waals surface area contributed by atoms with Gasteiger partial charge < -0.3 is 19.7 Å². The molecule has 2 N–H and O–H groups in total. The van der Waals surface area contributed by atoms with Gasteiger partial charge in [0.05, 0.1) is 0 Å². The zero-order valence-electron chi connectivity index (χ0n) is 9.69. The van der Waals surface area contributed by atoms with Crippen molar-refractivity contribution in [3.05, 3.63) is 54.6 Å². The fourth-order valence-electron chi connectivity index (χ4n) is 1.43. The molecule has 0 atom stereocenters. The highest BCUT2D eigenvalue weighted by Gasteiger charge is 2.07. The van der Waals surface area contributed by atoms with Gasteiger partial charge in [-0.05, 0) is 24.3 Å². The monoisotopic (exact) mass is 246 g/mol. The first-order valence-corrected chi connectivity index (χ1v) is 5.56. The molecule has 2 aromatic rings. The third-order valence-corrected chi connectivity index (χ3v) is 2.21. The van der Waals surface area contributed by atoms with E-state index in [0.717, 1.165) is 0 Å². The van der Waals surface area contributed by atoms with Crippen molar-refractivity contribution >= 4 is 0 Å². The van der Waals surface area contributed by atoms with E-state index in [-0.39, 0.29) is 6.61 Å². The van der Waals surface area contributed by atoms with Crippen LogP contribution in [0.5, 0.6) is 17.2 Å². The van der Waals surface area contributed by atoms with Gasteiger partial charge in [0, 0.05) is 0 Å². The van der Waals surface area contributed by atoms with Gasteiger partial charge in [-0.1, -0.05) is 30.3 Å². The predicted molar refractivity (Wildman–Crippen MR) is 66.7 cm³/mol. The Morgan fingerprint density at radius 3 is 2.11 bits per heavy atom. The van der Waals surface area contributed by atoms with E-state index in [4.69, 9.17) is 19.7 Å². The first-order chi connectivity index (χ1) is 8.75. The molecule has 4 nitrogen and oxygen atoms in total. The van der Waals surface area contributed by atoms with Crippen LogP contribution in [-0.4, -0.2) is 23.1 Å². The van der Waals surface area contributed by atoms with Crippen LogP contribution in [0.3, 0.4) is 0 Å².